The highest BCUT2D eigenvalue weighted by molar-refractivity contribution is 5.80. The first-order valence-electron chi connectivity index (χ1n) is 14.1. The molecule has 1 unspecified atom stereocenters. The highest BCUT2D eigenvalue weighted by Crippen LogP contribution is 2.48. The highest BCUT2D eigenvalue weighted by atomic mass is 19.1. The third kappa shape index (κ3) is 7.13. The topological polar surface area (TPSA) is 93.4 Å². The number of pyridine rings is 1. The molecule has 1 saturated heterocycles. The Hall–Kier alpha value is -3.49. The number of anilines is 1. The highest BCUT2D eigenvalue weighted by Gasteiger charge is 2.41. The molecule has 3 heterocycles. The molecule has 0 radical (unpaired) electrons. The van der Waals surface area contributed by atoms with Crippen molar-refractivity contribution >= 4 is 11.9 Å². The van der Waals surface area contributed by atoms with Gasteiger partial charge in [0.25, 0.3) is 0 Å². The van der Waals surface area contributed by atoms with E-state index in [9.17, 15) is 9.18 Å². The summed E-state index contributed by atoms with van der Waals surface area (Å²) in [4.78, 5) is 22.9. The molecular formula is C30H38FN5O3. The van der Waals surface area contributed by atoms with Gasteiger partial charge in [0, 0.05) is 44.4 Å². The lowest BCUT2D eigenvalue weighted by molar-refractivity contribution is -0.134. The largest absolute Gasteiger partial charge is 0.494 e. The van der Waals surface area contributed by atoms with Crippen LogP contribution in [0.15, 0.2) is 64.4 Å². The molecule has 0 bridgehead atoms. The molecule has 5 rings (SSSR count). The molecule has 2 fully saturated rings. The number of allylic oxidation sites excluding steroid dienone is 4. The lowest BCUT2D eigenvalue weighted by Gasteiger charge is -2.39. The number of carbonyl (C=O) groups is 1. The SMILES string of the molecule is CCC(CCNc1nc(C)no1)[C@H]1C[C@H]1CCOC1=CCC(F)=C(CC(=O)N2CC(c3cccnc3)C2)C=C1. The van der Waals surface area contributed by atoms with Crippen molar-refractivity contribution in [2.75, 3.05) is 31.6 Å². The number of hydrogen-bond donors (Lipinski definition) is 1. The molecule has 1 saturated carbocycles. The number of halogens is 1. The Morgan fingerprint density at radius 2 is 2.21 bits per heavy atom. The Kier molecular flexibility index (Phi) is 8.74. The molecule has 1 N–H and O–H groups in total. The number of nitrogens with one attached hydrogen (secondary N) is 1. The zero-order chi connectivity index (χ0) is 27.2. The van der Waals surface area contributed by atoms with E-state index < -0.39 is 0 Å². The summed E-state index contributed by atoms with van der Waals surface area (Å²) in [6, 6.07) is 4.43. The first-order chi connectivity index (χ1) is 19.0. The minimum atomic E-state index is -0.264. The number of amides is 1. The van der Waals surface area contributed by atoms with Crippen LogP contribution in [0, 0.1) is 24.7 Å². The van der Waals surface area contributed by atoms with Gasteiger partial charge in [0.15, 0.2) is 5.82 Å². The number of hydrogen-bond acceptors (Lipinski definition) is 7. The van der Waals surface area contributed by atoms with Crippen molar-refractivity contribution in [1.29, 1.82) is 0 Å². The van der Waals surface area contributed by atoms with Crippen molar-refractivity contribution in [2.24, 2.45) is 17.8 Å². The van der Waals surface area contributed by atoms with Gasteiger partial charge in [0.1, 0.15) is 11.6 Å². The van der Waals surface area contributed by atoms with Gasteiger partial charge in [-0.25, -0.2) is 4.39 Å². The summed E-state index contributed by atoms with van der Waals surface area (Å²) in [5, 5.41) is 7.02. The van der Waals surface area contributed by atoms with E-state index >= 15 is 0 Å². The Morgan fingerprint density at radius 3 is 2.95 bits per heavy atom. The number of nitrogens with zero attached hydrogens (tertiary/aromatic N) is 4. The van der Waals surface area contributed by atoms with Crippen LogP contribution in [0.4, 0.5) is 10.4 Å². The van der Waals surface area contributed by atoms with Gasteiger partial charge in [-0.3, -0.25) is 9.78 Å². The average Bonchev–Trinajstić information content (AvgIpc) is 3.59. The van der Waals surface area contributed by atoms with E-state index in [4.69, 9.17) is 9.26 Å². The van der Waals surface area contributed by atoms with Gasteiger partial charge in [-0.2, -0.15) is 4.98 Å². The molecule has 8 nitrogen and oxygen atoms in total. The van der Waals surface area contributed by atoms with Crippen LogP contribution in [-0.2, 0) is 9.53 Å². The van der Waals surface area contributed by atoms with Crippen molar-refractivity contribution in [2.45, 2.75) is 58.3 Å². The van der Waals surface area contributed by atoms with Crippen LogP contribution in [0.1, 0.15) is 62.8 Å². The molecule has 39 heavy (non-hydrogen) atoms. The van der Waals surface area contributed by atoms with Gasteiger partial charge >= 0.3 is 6.01 Å². The van der Waals surface area contributed by atoms with Crippen molar-refractivity contribution in [3.63, 3.8) is 0 Å². The molecule has 3 aliphatic rings. The molecule has 2 aromatic rings. The van der Waals surface area contributed by atoms with Gasteiger partial charge < -0.3 is 19.5 Å². The summed E-state index contributed by atoms with van der Waals surface area (Å²) in [5.74, 6) is 3.37. The number of ether oxygens (including phenoxy) is 1. The minimum Gasteiger partial charge on any atom is -0.494 e. The predicted molar refractivity (Wildman–Crippen MR) is 146 cm³/mol. The van der Waals surface area contributed by atoms with Gasteiger partial charge in [0.05, 0.1) is 13.0 Å². The predicted octanol–water partition coefficient (Wildman–Crippen LogP) is 5.73. The first-order valence-corrected chi connectivity index (χ1v) is 14.1. The van der Waals surface area contributed by atoms with Crippen LogP contribution in [0.5, 0.6) is 0 Å². The second-order valence-electron chi connectivity index (χ2n) is 10.9. The molecule has 0 aromatic carbocycles. The van der Waals surface area contributed by atoms with E-state index in [0.717, 1.165) is 37.3 Å². The zero-order valence-electron chi connectivity index (χ0n) is 22.8. The monoisotopic (exact) mass is 535 g/mol. The average molecular weight is 536 g/mol. The molecule has 0 spiro atoms. The van der Waals surface area contributed by atoms with Crippen molar-refractivity contribution in [1.82, 2.24) is 20.0 Å². The number of aryl methyl sites for hydroxylation is 1. The summed E-state index contributed by atoms with van der Waals surface area (Å²) in [6.07, 6.45) is 13.5. The zero-order valence-corrected chi connectivity index (χ0v) is 22.8. The maximum atomic E-state index is 14.8. The third-order valence-corrected chi connectivity index (χ3v) is 8.19. The summed E-state index contributed by atoms with van der Waals surface area (Å²) >= 11 is 0. The smallest absolute Gasteiger partial charge is 0.321 e. The summed E-state index contributed by atoms with van der Waals surface area (Å²) in [7, 11) is 0. The Labute approximate surface area is 229 Å². The van der Waals surface area contributed by atoms with E-state index in [1.54, 1.807) is 29.3 Å². The van der Waals surface area contributed by atoms with E-state index in [1.165, 1.54) is 6.42 Å². The van der Waals surface area contributed by atoms with Gasteiger partial charge in [-0.15, -0.1) is 0 Å². The lowest BCUT2D eigenvalue weighted by atomic mass is 9.92. The van der Waals surface area contributed by atoms with Crippen LogP contribution < -0.4 is 5.32 Å². The molecule has 2 aromatic heterocycles. The fourth-order valence-corrected chi connectivity index (χ4v) is 5.67. The van der Waals surface area contributed by atoms with Crippen molar-refractivity contribution in [3.05, 3.63) is 71.3 Å². The Bertz CT molecular complexity index is 1220. The standard InChI is InChI=1S/C30H38FN5O3/c1-3-21(10-13-33-30-34-20(2)35-39-30)27-15-22(27)11-14-38-26-7-6-23(28(31)9-8-26)16-29(37)36-18-25(19-36)24-5-4-12-32-17-24/h4-8,12,17,21-22,25,27H,3,9-11,13-16,18-19H2,1-2H3,(H,33,34,35)/t21?,22-,27-/m1/s1. The normalized spacial score (nSPS) is 21.7. The number of carbonyl (C=O) groups excluding carboxylic acids is 1. The van der Waals surface area contributed by atoms with Crippen molar-refractivity contribution < 1.29 is 18.4 Å². The van der Waals surface area contributed by atoms with E-state index in [1.807, 2.05) is 25.3 Å². The number of rotatable bonds is 13. The fraction of sp³-hybridized carbons (Fsp3) is 0.533. The van der Waals surface area contributed by atoms with Crippen LogP contribution in [-0.4, -0.2) is 52.2 Å². The maximum Gasteiger partial charge on any atom is 0.321 e. The summed E-state index contributed by atoms with van der Waals surface area (Å²) < 4.78 is 25.9. The molecule has 3 atom stereocenters. The van der Waals surface area contributed by atoms with Gasteiger partial charge in [0.2, 0.25) is 5.91 Å². The van der Waals surface area contributed by atoms with Crippen LogP contribution in [0.3, 0.4) is 0 Å². The number of likely N-dealkylation sites (tertiary alicyclic amines) is 1. The van der Waals surface area contributed by atoms with Gasteiger partial charge in [-0.1, -0.05) is 30.6 Å². The second kappa shape index (κ2) is 12.6. The first kappa shape index (κ1) is 27.1. The number of aromatic nitrogens is 3. The maximum absolute atomic E-state index is 14.8. The van der Waals surface area contributed by atoms with E-state index in [-0.39, 0.29) is 24.6 Å². The molecule has 208 valence electrons. The quantitative estimate of drug-likeness (QED) is 0.350. The Balaban J connectivity index is 0.999. The van der Waals surface area contributed by atoms with Crippen LogP contribution in [0.25, 0.3) is 0 Å². The van der Waals surface area contributed by atoms with Gasteiger partial charge in [-0.05, 0) is 73.3 Å². The minimum absolute atomic E-state index is 0.0398. The second-order valence-corrected chi connectivity index (χ2v) is 10.9. The van der Waals surface area contributed by atoms with Crippen LogP contribution in [0.2, 0.25) is 0 Å². The molecular weight excluding hydrogens is 497 g/mol. The van der Waals surface area contributed by atoms with E-state index in [2.05, 4.69) is 27.4 Å². The van der Waals surface area contributed by atoms with E-state index in [0.29, 0.717) is 60.6 Å². The lowest BCUT2D eigenvalue weighted by Crippen LogP contribution is -2.48. The molecule has 1 aliphatic heterocycles. The molecule has 9 heteroatoms. The molecule has 2 aliphatic carbocycles. The van der Waals surface area contributed by atoms with Crippen LogP contribution >= 0.6 is 0 Å². The molecule has 1 amide bonds. The summed E-state index contributed by atoms with van der Waals surface area (Å²) in [5.41, 5.74) is 1.58. The van der Waals surface area contributed by atoms with Crippen molar-refractivity contribution in [3.8, 4) is 0 Å². The third-order valence-electron chi connectivity index (χ3n) is 8.19. The summed E-state index contributed by atoms with van der Waals surface area (Å²) in [6.45, 7) is 6.81. The fourth-order valence-electron chi connectivity index (χ4n) is 5.67. The Morgan fingerprint density at radius 1 is 1.33 bits per heavy atom.